The third-order valence-corrected chi connectivity index (χ3v) is 4.96. The Morgan fingerprint density at radius 2 is 1.69 bits per heavy atom. The van der Waals surface area contributed by atoms with Gasteiger partial charge in [-0.1, -0.05) is 35.4 Å². The zero-order valence-electron chi connectivity index (χ0n) is 15.5. The highest BCUT2D eigenvalue weighted by atomic mass is 16.3. The lowest BCUT2D eigenvalue weighted by Crippen LogP contribution is -2.20. The maximum atomic E-state index is 9.72. The first-order chi connectivity index (χ1) is 12.5. The van der Waals surface area contributed by atoms with Gasteiger partial charge in [-0.3, -0.25) is 4.57 Å². The SMILES string of the molecule is CCn1c(Cc2cc(C)cc(C)c2)nnc1N1Cc2ccc(O)cc2C1. The number of benzene rings is 2. The van der Waals surface area contributed by atoms with E-state index in [1.165, 1.54) is 22.3 Å². The second-order valence-electron chi connectivity index (χ2n) is 7.14. The van der Waals surface area contributed by atoms with Gasteiger partial charge in [0.2, 0.25) is 5.95 Å². The molecular formula is C21H24N4O. The Balaban J connectivity index is 1.61. The van der Waals surface area contributed by atoms with Gasteiger partial charge in [0, 0.05) is 26.1 Å². The van der Waals surface area contributed by atoms with Crippen LogP contribution in [0.5, 0.6) is 5.75 Å². The van der Waals surface area contributed by atoms with E-state index in [2.05, 4.69) is 58.6 Å². The molecule has 0 atom stereocenters. The zero-order chi connectivity index (χ0) is 18.3. The highest BCUT2D eigenvalue weighted by Gasteiger charge is 2.24. The van der Waals surface area contributed by atoms with Crippen molar-refractivity contribution in [3.8, 4) is 5.75 Å². The largest absolute Gasteiger partial charge is 0.508 e. The lowest BCUT2D eigenvalue weighted by molar-refractivity contribution is 0.474. The predicted octanol–water partition coefficient (Wildman–Crippen LogP) is 3.73. The highest BCUT2D eigenvalue weighted by Crippen LogP contribution is 2.30. The van der Waals surface area contributed by atoms with Gasteiger partial charge in [0.05, 0.1) is 0 Å². The molecule has 0 spiro atoms. The molecular weight excluding hydrogens is 324 g/mol. The fourth-order valence-corrected chi connectivity index (χ4v) is 3.89. The quantitative estimate of drug-likeness (QED) is 0.780. The Hall–Kier alpha value is -2.82. The van der Waals surface area contributed by atoms with Gasteiger partial charge < -0.3 is 10.0 Å². The molecule has 0 bridgehead atoms. The van der Waals surface area contributed by atoms with Crippen LogP contribution in [0, 0.1) is 13.8 Å². The van der Waals surface area contributed by atoms with Crippen LogP contribution >= 0.6 is 0 Å². The molecule has 26 heavy (non-hydrogen) atoms. The van der Waals surface area contributed by atoms with Crippen molar-refractivity contribution in [1.29, 1.82) is 0 Å². The first kappa shape index (κ1) is 16.6. The second kappa shape index (κ2) is 6.48. The van der Waals surface area contributed by atoms with Gasteiger partial charge in [-0.05, 0) is 49.6 Å². The molecule has 1 aliphatic rings. The number of aryl methyl sites for hydroxylation is 2. The molecule has 0 amide bonds. The van der Waals surface area contributed by atoms with Gasteiger partial charge in [-0.2, -0.15) is 0 Å². The predicted molar refractivity (Wildman–Crippen MR) is 102 cm³/mol. The Bertz CT molecular complexity index is 940. The average molecular weight is 348 g/mol. The second-order valence-corrected chi connectivity index (χ2v) is 7.14. The van der Waals surface area contributed by atoms with Crippen LogP contribution in [0.4, 0.5) is 5.95 Å². The smallest absolute Gasteiger partial charge is 0.227 e. The number of aromatic nitrogens is 3. The van der Waals surface area contributed by atoms with Crippen LogP contribution in [0.1, 0.15) is 40.6 Å². The molecule has 4 rings (SSSR count). The number of anilines is 1. The summed E-state index contributed by atoms with van der Waals surface area (Å²) in [6.45, 7) is 8.78. The minimum atomic E-state index is 0.318. The summed E-state index contributed by atoms with van der Waals surface area (Å²) in [5, 5.41) is 18.7. The fraction of sp³-hybridized carbons (Fsp3) is 0.333. The molecule has 134 valence electrons. The standard InChI is InChI=1S/C21H24N4O/c1-4-25-20(10-16-8-14(2)7-15(3)9-16)22-23-21(25)24-12-17-5-6-19(26)11-18(17)13-24/h5-9,11,26H,4,10,12-13H2,1-3H3. The molecule has 1 N–H and O–H groups in total. The number of phenols is 1. The third-order valence-electron chi connectivity index (χ3n) is 4.96. The molecule has 0 fully saturated rings. The maximum absolute atomic E-state index is 9.72. The molecule has 1 aliphatic heterocycles. The van der Waals surface area contributed by atoms with E-state index >= 15 is 0 Å². The van der Waals surface area contributed by atoms with Crippen LogP contribution < -0.4 is 4.90 Å². The average Bonchev–Trinajstić information content (AvgIpc) is 3.16. The molecule has 0 radical (unpaired) electrons. The van der Waals surface area contributed by atoms with Gasteiger partial charge in [0.15, 0.2) is 0 Å². The van der Waals surface area contributed by atoms with Crippen LogP contribution in [0.3, 0.4) is 0 Å². The lowest BCUT2D eigenvalue weighted by Gasteiger charge is -2.17. The van der Waals surface area contributed by atoms with Gasteiger partial charge in [0.25, 0.3) is 0 Å². The fourth-order valence-electron chi connectivity index (χ4n) is 3.89. The van der Waals surface area contributed by atoms with E-state index in [9.17, 15) is 5.11 Å². The maximum Gasteiger partial charge on any atom is 0.227 e. The van der Waals surface area contributed by atoms with Crippen LogP contribution in [0.2, 0.25) is 0 Å². The summed E-state index contributed by atoms with van der Waals surface area (Å²) in [5.74, 6) is 2.21. The number of hydrogen-bond acceptors (Lipinski definition) is 4. The van der Waals surface area contributed by atoms with Crippen molar-refractivity contribution < 1.29 is 5.11 Å². The number of fused-ring (bicyclic) bond motifs is 1. The summed E-state index contributed by atoms with van der Waals surface area (Å²) in [5.41, 5.74) is 6.22. The van der Waals surface area contributed by atoms with Crippen molar-refractivity contribution >= 4 is 5.95 Å². The van der Waals surface area contributed by atoms with Crippen LogP contribution in [-0.2, 0) is 26.1 Å². The van der Waals surface area contributed by atoms with Gasteiger partial charge >= 0.3 is 0 Å². The molecule has 2 heterocycles. The van der Waals surface area contributed by atoms with Crippen molar-refractivity contribution in [1.82, 2.24) is 14.8 Å². The van der Waals surface area contributed by atoms with E-state index in [1.54, 1.807) is 6.07 Å². The van der Waals surface area contributed by atoms with Crippen LogP contribution in [-0.4, -0.2) is 19.9 Å². The molecule has 5 heteroatoms. The first-order valence-corrected chi connectivity index (χ1v) is 9.08. The minimum Gasteiger partial charge on any atom is -0.508 e. The van der Waals surface area contributed by atoms with Crippen LogP contribution in [0.15, 0.2) is 36.4 Å². The molecule has 2 aromatic carbocycles. The third kappa shape index (κ3) is 3.05. The summed E-state index contributed by atoms with van der Waals surface area (Å²) in [6.07, 6.45) is 0.783. The Kier molecular flexibility index (Phi) is 4.15. The number of phenolic OH excluding ortho intramolecular Hbond substituents is 1. The highest BCUT2D eigenvalue weighted by molar-refractivity contribution is 5.46. The molecule has 0 saturated carbocycles. The summed E-state index contributed by atoms with van der Waals surface area (Å²) in [4.78, 5) is 2.23. The number of aromatic hydroxyl groups is 1. The van der Waals surface area contributed by atoms with E-state index in [1.807, 2.05) is 12.1 Å². The number of nitrogens with zero attached hydrogens (tertiary/aromatic N) is 4. The van der Waals surface area contributed by atoms with E-state index in [4.69, 9.17) is 0 Å². The van der Waals surface area contributed by atoms with Gasteiger partial charge in [-0.25, -0.2) is 0 Å². The Morgan fingerprint density at radius 1 is 0.962 bits per heavy atom. The number of rotatable bonds is 4. The molecule has 0 aliphatic carbocycles. The van der Waals surface area contributed by atoms with E-state index in [0.29, 0.717) is 5.75 Å². The summed E-state index contributed by atoms with van der Waals surface area (Å²) in [7, 11) is 0. The lowest BCUT2D eigenvalue weighted by atomic mass is 10.0. The Morgan fingerprint density at radius 3 is 2.42 bits per heavy atom. The van der Waals surface area contributed by atoms with Crippen molar-refractivity contribution in [2.45, 2.75) is 46.8 Å². The molecule has 0 unspecified atom stereocenters. The number of hydrogen-bond donors (Lipinski definition) is 1. The van der Waals surface area contributed by atoms with E-state index in [-0.39, 0.29) is 0 Å². The monoisotopic (exact) mass is 348 g/mol. The molecule has 5 nitrogen and oxygen atoms in total. The molecule has 0 saturated heterocycles. The van der Waals surface area contributed by atoms with E-state index < -0.39 is 0 Å². The summed E-state index contributed by atoms with van der Waals surface area (Å²) >= 11 is 0. The van der Waals surface area contributed by atoms with Gasteiger partial charge in [-0.15, -0.1) is 10.2 Å². The Labute approximate surface area is 153 Å². The van der Waals surface area contributed by atoms with Crippen molar-refractivity contribution in [2.24, 2.45) is 0 Å². The molecule has 3 aromatic rings. The molecule has 1 aromatic heterocycles. The normalized spacial score (nSPS) is 13.3. The van der Waals surface area contributed by atoms with Crippen molar-refractivity contribution in [3.05, 3.63) is 70.0 Å². The topological polar surface area (TPSA) is 54.2 Å². The zero-order valence-corrected chi connectivity index (χ0v) is 15.5. The van der Waals surface area contributed by atoms with Crippen molar-refractivity contribution in [3.63, 3.8) is 0 Å². The minimum absolute atomic E-state index is 0.318. The van der Waals surface area contributed by atoms with Crippen molar-refractivity contribution in [2.75, 3.05) is 4.90 Å². The van der Waals surface area contributed by atoms with Gasteiger partial charge in [0.1, 0.15) is 11.6 Å². The van der Waals surface area contributed by atoms with E-state index in [0.717, 1.165) is 43.4 Å². The summed E-state index contributed by atoms with van der Waals surface area (Å²) < 4.78 is 2.20. The van der Waals surface area contributed by atoms with Crippen LogP contribution in [0.25, 0.3) is 0 Å². The summed E-state index contributed by atoms with van der Waals surface area (Å²) in [6, 6.07) is 12.2. The first-order valence-electron chi connectivity index (χ1n) is 9.08.